The quantitative estimate of drug-likeness (QED) is 0.894. The molecule has 2 N–H and O–H groups in total. The first-order chi connectivity index (χ1) is 9.22. The van der Waals surface area contributed by atoms with Crippen LogP contribution < -0.4 is 5.73 Å². The molecule has 1 aliphatic carbocycles. The van der Waals surface area contributed by atoms with Crippen molar-refractivity contribution in [3.8, 4) is 0 Å². The molecular formula is C14H22N4O. The van der Waals surface area contributed by atoms with Crippen LogP contribution in [-0.2, 0) is 0 Å². The van der Waals surface area contributed by atoms with Crippen molar-refractivity contribution in [3.05, 3.63) is 24.3 Å². The Labute approximate surface area is 114 Å². The maximum Gasteiger partial charge on any atom is 0.274 e. The topological polar surface area (TPSA) is 72.1 Å². The Morgan fingerprint density at radius 1 is 1.37 bits per heavy atom. The molecule has 1 saturated carbocycles. The zero-order chi connectivity index (χ0) is 13.7. The molecule has 0 aromatic carbocycles. The molecule has 104 valence electrons. The van der Waals surface area contributed by atoms with Crippen LogP contribution in [0.2, 0.25) is 0 Å². The molecule has 0 spiro atoms. The maximum absolute atomic E-state index is 12.5. The van der Waals surface area contributed by atoms with Crippen LogP contribution in [0.3, 0.4) is 0 Å². The number of hydrogen-bond acceptors (Lipinski definition) is 4. The van der Waals surface area contributed by atoms with Gasteiger partial charge in [-0.3, -0.25) is 9.78 Å². The molecule has 1 aromatic rings. The van der Waals surface area contributed by atoms with Gasteiger partial charge in [0.2, 0.25) is 0 Å². The van der Waals surface area contributed by atoms with Crippen LogP contribution in [0.5, 0.6) is 0 Å². The van der Waals surface area contributed by atoms with Crippen molar-refractivity contribution in [2.24, 2.45) is 5.73 Å². The van der Waals surface area contributed by atoms with E-state index in [1.807, 2.05) is 4.90 Å². The Balaban J connectivity index is 2.09. The molecule has 0 aliphatic heterocycles. The van der Waals surface area contributed by atoms with Gasteiger partial charge in [0.25, 0.3) is 5.91 Å². The van der Waals surface area contributed by atoms with Crippen molar-refractivity contribution in [2.75, 3.05) is 6.54 Å². The van der Waals surface area contributed by atoms with Gasteiger partial charge in [0.15, 0.2) is 0 Å². The highest BCUT2D eigenvalue weighted by molar-refractivity contribution is 5.92. The van der Waals surface area contributed by atoms with Crippen LogP contribution >= 0.6 is 0 Å². The fraction of sp³-hybridized carbons (Fsp3) is 0.643. The summed E-state index contributed by atoms with van der Waals surface area (Å²) in [6.45, 7) is 2.86. The van der Waals surface area contributed by atoms with Crippen LogP contribution in [0.15, 0.2) is 18.6 Å². The summed E-state index contributed by atoms with van der Waals surface area (Å²) in [6.07, 6.45) is 9.63. The van der Waals surface area contributed by atoms with Crippen molar-refractivity contribution in [2.45, 2.75) is 51.1 Å². The summed E-state index contributed by atoms with van der Waals surface area (Å²) >= 11 is 0. The number of aromatic nitrogens is 2. The SMILES string of the molecule is CCCN(C(=O)c1cnccn1)C1CCC(N)CC1. The van der Waals surface area contributed by atoms with E-state index in [4.69, 9.17) is 5.73 Å². The minimum absolute atomic E-state index is 0.00424. The Bertz CT molecular complexity index is 401. The van der Waals surface area contributed by atoms with Gasteiger partial charge >= 0.3 is 0 Å². The van der Waals surface area contributed by atoms with E-state index < -0.39 is 0 Å². The van der Waals surface area contributed by atoms with E-state index in [0.29, 0.717) is 17.8 Å². The molecule has 0 unspecified atom stereocenters. The first-order valence-electron chi connectivity index (χ1n) is 7.05. The number of carbonyl (C=O) groups excluding carboxylic acids is 1. The van der Waals surface area contributed by atoms with Crippen molar-refractivity contribution in [1.82, 2.24) is 14.9 Å². The van der Waals surface area contributed by atoms with E-state index in [2.05, 4.69) is 16.9 Å². The highest BCUT2D eigenvalue weighted by Crippen LogP contribution is 2.23. The third kappa shape index (κ3) is 3.50. The van der Waals surface area contributed by atoms with Gasteiger partial charge in [0.1, 0.15) is 5.69 Å². The fourth-order valence-corrected chi connectivity index (χ4v) is 2.66. The first-order valence-corrected chi connectivity index (χ1v) is 7.05. The van der Waals surface area contributed by atoms with E-state index >= 15 is 0 Å². The number of amides is 1. The molecule has 0 atom stereocenters. The van der Waals surface area contributed by atoms with E-state index in [9.17, 15) is 4.79 Å². The maximum atomic E-state index is 12.5. The fourth-order valence-electron chi connectivity index (χ4n) is 2.66. The minimum atomic E-state index is -0.00424. The summed E-state index contributed by atoms with van der Waals surface area (Å²) in [4.78, 5) is 22.6. The average Bonchev–Trinajstić information content (AvgIpc) is 2.46. The Kier molecular flexibility index (Phi) is 4.85. The zero-order valence-corrected chi connectivity index (χ0v) is 11.5. The Morgan fingerprint density at radius 3 is 2.68 bits per heavy atom. The van der Waals surface area contributed by atoms with Crippen molar-refractivity contribution in [3.63, 3.8) is 0 Å². The molecule has 1 heterocycles. The van der Waals surface area contributed by atoms with Crippen LogP contribution in [0.25, 0.3) is 0 Å². The molecule has 5 nitrogen and oxygen atoms in total. The monoisotopic (exact) mass is 262 g/mol. The summed E-state index contributed by atoms with van der Waals surface area (Å²) in [5, 5.41) is 0. The highest BCUT2D eigenvalue weighted by Gasteiger charge is 2.28. The van der Waals surface area contributed by atoms with Gasteiger partial charge in [-0.25, -0.2) is 4.98 Å². The summed E-state index contributed by atoms with van der Waals surface area (Å²) in [6, 6.07) is 0.598. The van der Waals surface area contributed by atoms with Crippen molar-refractivity contribution in [1.29, 1.82) is 0 Å². The second kappa shape index (κ2) is 6.61. The molecule has 2 rings (SSSR count). The van der Waals surface area contributed by atoms with Crippen molar-refractivity contribution < 1.29 is 4.79 Å². The van der Waals surface area contributed by atoms with E-state index in [1.165, 1.54) is 0 Å². The molecule has 1 aromatic heterocycles. The van der Waals surface area contributed by atoms with E-state index in [-0.39, 0.29) is 5.91 Å². The average molecular weight is 262 g/mol. The predicted octanol–water partition coefficient (Wildman–Crippen LogP) is 1.60. The minimum Gasteiger partial charge on any atom is -0.334 e. The molecule has 1 fully saturated rings. The van der Waals surface area contributed by atoms with Crippen LogP contribution in [0.1, 0.15) is 49.5 Å². The second-order valence-corrected chi connectivity index (χ2v) is 5.16. The van der Waals surface area contributed by atoms with Crippen LogP contribution in [-0.4, -0.2) is 39.4 Å². The zero-order valence-electron chi connectivity index (χ0n) is 11.5. The lowest BCUT2D eigenvalue weighted by Crippen LogP contribution is -2.44. The van der Waals surface area contributed by atoms with Gasteiger partial charge < -0.3 is 10.6 Å². The largest absolute Gasteiger partial charge is 0.334 e. The molecular weight excluding hydrogens is 240 g/mol. The number of rotatable bonds is 4. The molecule has 0 bridgehead atoms. The van der Waals surface area contributed by atoms with E-state index in [0.717, 1.165) is 38.6 Å². The van der Waals surface area contributed by atoms with Crippen LogP contribution in [0.4, 0.5) is 0 Å². The first kappa shape index (κ1) is 13.9. The Morgan fingerprint density at radius 2 is 2.11 bits per heavy atom. The predicted molar refractivity (Wildman–Crippen MR) is 73.6 cm³/mol. The molecule has 19 heavy (non-hydrogen) atoms. The summed E-state index contributed by atoms with van der Waals surface area (Å²) in [7, 11) is 0. The lowest BCUT2D eigenvalue weighted by atomic mass is 9.90. The molecule has 5 heteroatoms. The smallest absolute Gasteiger partial charge is 0.274 e. The number of nitrogens with two attached hydrogens (primary N) is 1. The standard InChI is InChI=1S/C14H22N4O/c1-2-9-18(12-5-3-11(15)4-6-12)14(19)13-10-16-7-8-17-13/h7-8,10-12H,2-6,9,15H2,1H3. The number of carbonyl (C=O) groups is 1. The number of nitrogens with zero attached hydrogens (tertiary/aromatic N) is 3. The molecule has 1 aliphatic rings. The van der Waals surface area contributed by atoms with Gasteiger partial charge in [-0.2, -0.15) is 0 Å². The lowest BCUT2D eigenvalue weighted by Gasteiger charge is -2.35. The highest BCUT2D eigenvalue weighted by atomic mass is 16.2. The normalized spacial score (nSPS) is 23.1. The molecule has 1 amide bonds. The summed E-state index contributed by atoms with van der Waals surface area (Å²) < 4.78 is 0. The van der Waals surface area contributed by atoms with Crippen molar-refractivity contribution >= 4 is 5.91 Å². The molecule has 0 saturated heterocycles. The third-order valence-electron chi connectivity index (χ3n) is 3.69. The van der Waals surface area contributed by atoms with Gasteiger partial charge in [-0.05, 0) is 32.1 Å². The lowest BCUT2D eigenvalue weighted by molar-refractivity contribution is 0.0620. The molecule has 0 radical (unpaired) electrons. The van der Waals surface area contributed by atoms with Gasteiger partial charge in [0.05, 0.1) is 6.20 Å². The second-order valence-electron chi connectivity index (χ2n) is 5.16. The number of hydrogen-bond donors (Lipinski definition) is 1. The van der Waals surface area contributed by atoms with Crippen LogP contribution in [0, 0.1) is 0 Å². The summed E-state index contributed by atoms with van der Waals surface area (Å²) in [5.74, 6) is -0.00424. The summed E-state index contributed by atoms with van der Waals surface area (Å²) in [5.41, 5.74) is 6.37. The van der Waals surface area contributed by atoms with Gasteiger partial charge in [-0.15, -0.1) is 0 Å². The third-order valence-corrected chi connectivity index (χ3v) is 3.69. The van der Waals surface area contributed by atoms with Gasteiger partial charge in [0, 0.05) is 31.0 Å². The van der Waals surface area contributed by atoms with E-state index in [1.54, 1.807) is 18.6 Å². The Hall–Kier alpha value is -1.49. The van der Waals surface area contributed by atoms with Gasteiger partial charge in [-0.1, -0.05) is 6.92 Å².